The maximum atomic E-state index is 14.5. The van der Waals surface area contributed by atoms with Crippen molar-refractivity contribution in [3.05, 3.63) is 0 Å². The number of halogens is 2. The molecule has 0 amide bonds. The topological polar surface area (TPSA) is 113 Å². The van der Waals surface area contributed by atoms with Crippen LogP contribution >= 0.6 is 0 Å². The predicted molar refractivity (Wildman–Crippen MR) is 95.9 cm³/mol. The first-order chi connectivity index (χ1) is 13.1. The fourth-order valence-electron chi connectivity index (χ4n) is 3.26. The van der Waals surface area contributed by atoms with E-state index >= 15 is 0 Å². The molecule has 9 heteroatoms. The van der Waals surface area contributed by atoms with Crippen LogP contribution in [0.3, 0.4) is 0 Å². The summed E-state index contributed by atoms with van der Waals surface area (Å²) in [5.74, 6) is -8.15. The number of aliphatic hydroxyl groups is 2. The van der Waals surface area contributed by atoms with E-state index in [2.05, 4.69) is 6.92 Å². The SMILES string of the molecule is CCCCCCCC(=O)OC[C@@H](O)[C@@H](O)C1OC(F)(C(=O)O)C(F)C(C)C1C. The highest BCUT2D eigenvalue weighted by Crippen LogP contribution is 2.41. The minimum Gasteiger partial charge on any atom is -0.477 e. The van der Waals surface area contributed by atoms with Crippen LogP contribution in [0.1, 0.15) is 59.3 Å². The standard InChI is InChI=1S/C19H32F2O7/c1-4-5-6-7-8-9-14(23)27-10-13(22)15(24)16-11(2)12(3)17(20)19(21,28-16)18(25)26/h11-13,15-17,22,24H,4-10H2,1-3H3,(H,25,26)/t11?,12?,13-,15-,16?,17?,19?/m1/s1. The van der Waals surface area contributed by atoms with Gasteiger partial charge in [-0.3, -0.25) is 4.79 Å². The molecular formula is C19H32F2O7. The molecule has 0 radical (unpaired) electrons. The van der Waals surface area contributed by atoms with E-state index < -0.39 is 60.7 Å². The maximum absolute atomic E-state index is 14.5. The van der Waals surface area contributed by atoms with Gasteiger partial charge in [-0.25, -0.2) is 9.18 Å². The van der Waals surface area contributed by atoms with Crippen LogP contribution in [0.2, 0.25) is 0 Å². The first kappa shape index (κ1) is 24.7. The molecule has 7 atom stereocenters. The highest BCUT2D eigenvalue weighted by molar-refractivity contribution is 5.76. The van der Waals surface area contributed by atoms with Crippen LogP contribution in [0.25, 0.3) is 0 Å². The lowest BCUT2D eigenvalue weighted by molar-refractivity contribution is -0.291. The number of alkyl halides is 2. The van der Waals surface area contributed by atoms with E-state index in [1.807, 2.05) is 0 Å². The van der Waals surface area contributed by atoms with E-state index in [0.717, 1.165) is 25.7 Å². The van der Waals surface area contributed by atoms with Gasteiger partial charge in [0.15, 0.2) is 6.17 Å². The average Bonchev–Trinajstić information content (AvgIpc) is 2.66. The van der Waals surface area contributed by atoms with Crippen LogP contribution in [0, 0.1) is 11.8 Å². The van der Waals surface area contributed by atoms with Crippen LogP contribution in [0.4, 0.5) is 8.78 Å². The van der Waals surface area contributed by atoms with Crippen molar-refractivity contribution in [2.24, 2.45) is 11.8 Å². The van der Waals surface area contributed by atoms with E-state index in [-0.39, 0.29) is 6.42 Å². The molecular weight excluding hydrogens is 378 g/mol. The number of carbonyl (C=O) groups excluding carboxylic acids is 1. The fraction of sp³-hybridized carbons (Fsp3) is 0.895. The van der Waals surface area contributed by atoms with Crippen molar-refractivity contribution < 1.29 is 43.2 Å². The normalized spacial score (nSPS) is 32.5. The summed E-state index contributed by atoms with van der Waals surface area (Å²) in [4.78, 5) is 22.8. The summed E-state index contributed by atoms with van der Waals surface area (Å²) in [6.45, 7) is 4.29. The van der Waals surface area contributed by atoms with Crippen molar-refractivity contribution in [3.63, 3.8) is 0 Å². The molecule has 164 valence electrons. The molecule has 7 nitrogen and oxygen atoms in total. The van der Waals surface area contributed by atoms with Gasteiger partial charge in [0.25, 0.3) is 0 Å². The molecule has 1 fully saturated rings. The van der Waals surface area contributed by atoms with Crippen molar-refractivity contribution in [2.45, 2.75) is 89.6 Å². The number of hydrogen-bond acceptors (Lipinski definition) is 6. The van der Waals surface area contributed by atoms with Crippen LogP contribution in [0.15, 0.2) is 0 Å². The van der Waals surface area contributed by atoms with Gasteiger partial charge in [0.05, 0.1) is 6.10 Å². The number of esters is 1. The van der Waals surface area contributed by atoms with Crippen molar-refractivity contribution in [1.29, 1.82) is 0 Å². The Labute approximate surface area is 164 Å². The summed E-state index contributed by atoms with van der Waals surface area (Å²) in [7, 11) is 0. The van der Waals surface area contributed by atoms with Gasteiger partial charge < -0.3 is 24.8 Å². The molecule has 0 aromatic rings. The van der Waals surface area contributed by atoms with Gasteiger partial charge in [0.1, 0.15) is 18.8 Å². The Balaban J connectivity index is 2.58. The lowest BCUT2D eigenvalue weighted by Crippen LogP contribution is -2.62. The van der Waals surface area contributed by atoms with Crippen LogP contribution in [-0.4, -0.2) is 64.2 Å². The summed E-state index contributed by atoms with van der Waals surface area (Å²) in [6.07, 6.45) is -2.38. The zero-order chi connectivity index (χ0) is 21.5. The zero-order valence-electron chi connectivity index (χ0n) is 16.6. The van der Waals surface area contributed by atoms with Gasteiger partial charge in [0, 0.05) is 6.42 Å². The highest BCUT2D eigenvalue weighted by atomic mass is 19.2. The zero-order valence-corrected chi connectivity index (χ0v) is 16.6. The second kappa shape index (κ2) is 11.0. The quantitative estimate of drug-likeness (QED) is 0.354. The van der Waals surface area contributed by atoms with Crippen molar-refractivity contribution in [1.82, 2.24) is 0 Å². The lowest BCUT2D eigenvalue weighted by atomic mass is 9.78. The number of ether oxygens (including phenoxy) is 2. The molecule has 5 unspecified atom stereocenters. The Morgan fingerprint density at radius 1 is 1.14 bits per heavy atom. The average molecular weight is 410 g/mol. The van der Waals surface area contributed by atoms with Gasteiger partial charge in [-0.05, 0) is 18.3 Å². The van der Waals surface area contributed by atoms with Crippen LogP contribution in [0.5, 0.6) is 0 Å². The van der Waals surface area contributed by atoms with Crippen molar-refractivity contribution >= 4 is 11.9 Å². The maximum Gasteiger partial charge on any atom is 0.372 e. The monoisotopic (exact) mass is 410 g/mol. The van der Waals surface area contributed by atoms with Crippen molar-refractivity contribution in [2.75, 3.05) is 6.61 Å². The summed E-state index contributed by atoms with van der Waals surface area (Å²) in [5, 5.41) is 29.3. The van der Waals surface area contributed by atoms with Gasteiger partial charge in [0.2, 0.25) is 0 Å². The second-order valence-electron chi connectivity index (χ2n) is 7.56. The molecule has 0 aromatic heterocycles. The molecule has 3 N–H and O–H groups in total. The summed E-state index contributed by atoms with van der Waals surface area (Å²) in [6, 6.07) is 0. The summed E-state index contributed by atoms with van der Waals surface area (Å²) >= 11 is 0. The Morgan fingerprint density at radius 3 is 2.32 bits per heavy atom. The Morgan fingerprint density at radius 2 is 1.75 bits per heavy atom. The Hall–Kier alpha value is -1.32. The summed E-state index contributed by atoms with van der Waals surface area (Å²) < 4.78 is 38.2. The molecule has 1 saturated heterocycles. The third kappa shape index (κ3) is 6.09. The fourth-order valence-corrected chi connectivity index (χ4v) is 3.26. The van der Waals surface area contributed by atoms with E-state index in [1.54, 1.807) is 0 Å². The number of aliphatic carboxylic acids is 1. The largest absolute Gasteiger partial charge is 0.477 e. The molecule has 0 aromatic carbocycles. The third-order valence-electron chi connectivity index (χ3n) is 5.39. The Bertz CT molecular complexity index is 519. The second-order valence-corrected chi connectivity index (χ2v) is 7.56. The summed E-state index contributed by atoms with van der Waals surface area (Å²) in [5.41, 5.74) is 0. The number of carboxylic acid groups (broad SMARTS) is 1. The van der Waals surface area contributed by atoms with E-state index in [0.29, 0.717) is 6.42 Å². The number of aliphatic hydroxyl groups excluding tert-OH is 2. The van der Waals surface area contributed by atoms with Gasteiger partial charge in [-0.2, -0.15) is 4.39 Å². The van der Waals surface area contributed by atoms with Crippen molar-refractivity contribution in [3.8, 4) is 0 Å². The molecule has 0 spiro atoms. The first-order valence-electron chi connectivity index (χ1n) is 9.82. The van der Waals surface area contributed by atoms with Crippen LogP contribution < -0.4 is 0 Å². The molecule has 0 aliphatic carbocycles. The van der Waals surface area contributed by atoms with E-state index in [9.17, 15) is 28.6 Å². The van der Waals surface area contributed by atoms with Crippen LogP contribution in [-0.2, 0) is 19.1 Å². The molecule has 28 heavy (non-hydrogen) atoms. The predicted octanol–water partition coefficient (Wildman–Crippen LogP) is 2.37. The van der Waals surface area contributed by atoms with Gasteiger partial charge in [-0.15, -0.1) is 0 Å². The Kier molecular flexibility index (Phi) is 9.73. The van der Waals surface area contributed by atoms with Gasteiger partial charge in [-0.1, -0.05) is 46.5 Å². The molecule has 1 aliphatic rings. The minimum atomic E-state index is -3.62. The number of unbranched alkanes of at least 4 members (excludes halogenated alkanes) is 4. The number of rotatable bonds is 11. The first-order valence-corrected chi connectivity index (χ1v) is 9.82. The molecule has 0 bridgehead atoms. The minimum absolute atomic E-state index is 0.177. The van der Waals surface area contributed by atoms with E-state index in [4.69, 9.17) is 14.6 Å². The molecule has 1 heterocycles. The third-order valence-corrected chi connectivity index (χ3v) is 5.39. The molecule has 1 aliphatic heterocycles. The molecule has 1 rings (SSSR count). The lowest BCUT2D eigenvalue weighted by Gasteiger charge is -2.45. The number of carboxylic acids is 1. The van der Waals surface area contributed by atoms with Gasteiger partial charge >= 0.3 is 17.8 Å². The highest BCUT2D eigenvalue weighted by Gasteiger charge is 2.60. The number of carbonyl (C=O) groups is 2. The molecule has 0 saturated carbocycles. The number of hydrogen-bond donors (Lipinski definition) is 3. The van der Waals surface area contributed by atoms with E-state index in [1.165, 1.54) is 13.8 Å². The smallest absolute Gasteiger partial charge is 0.372 e.